The van der Waals surface area contributed by atoms with E-state index in [0.717, 1.165) is 30.0 Å². The zero-order chi connectivity index (χ0) is 19.2. The van der Waals surface area contributed by atoms with Gasteiger partial charge in [0.15, 0.2) is 11.5 Å². The third kappa shape index (κ3) is 4.63. The molecule has 2 N–H and O–H groups in total. The van der Waals surface area contributed by atoms with E-state index in [1.54, 1.807) is 17.8 Å². The maximum atomic E-state index is 12.3. The van der Waals surface area contributed by atoms with Gasteiger partial charge in [0.2, 0.25) is 6.79 Å². The lowest BCUT2D eigenvalue weighted by molar-refractivity contribution is 0.0946. The monoisotopic (exact) mass is 379 g/mol. The molecule has 0 bridgehead atoms. The number of carbonyl (C=O) groups is 1. The summed E-state index contributed by atoms with van der Waals surface area (Å²) >= 11 is 0. The molecule has 1 amide bonds. The van der Waals surface area contributed by atoms with E-state index >= 15 is 0 Å². The molecule has 28 heavy (non-hydrogen) atoms. The summed E-state index contributed by atoms with van der Waals surface area (Å²) in [4.78, 5) is 16.6. The summed E-state index contributed by atoms with van der Waals surface area (Å²) in [6.45, 7) is 1.54. The van der Waals surface area contributed by atoms with Crippen LogP contribution in [0.15, 0.2) is 48.2 Å². The van der Waals surface area contributed by atoms with Gasteiger partial charge in [-0.15, -0.1) is 0 Å². The van der Waals surface area contributed by atoms with Crippen LogP contribution in [0.25, 0.3) is 0 Å². The topological polar surface area (TPSA) is 72.5 Å². The Kier molecular flexibility index (Phi) is 5.75. The molecule has 6 nitrogen and oxygen atoms in total. The molecule has 4 rings (SSSR count). The molecule has 0 atom stereocenters. The highest BCUT2D eigenvalue weighted by Crippen LogP contribution is 2.32. The Balaban J connectivity index is 1.25. The molecule has 6 heteroatoms. The van der Waals surface area contributed by atoms with E-state index in [4.69, 9.17) is 9.47 Å². The van der Waals surface area contributed by atoms with Crippen molar-refractivity contribution < 1.29 is 14.3 Å². The number of nitrogens with one attached hydrogen (secondary N) is 2. The van der Waals surface area contributed by atoms with Crippen molar-refractivity contribution in [3.8, 4) is 11.5 Å². The Labute approximate surface area is 165 Å². The van der Waals surface area contributed by atoms with Gasteiger partial charge in [0.05, 0.1) is 11.9 Å². The van der Waals surface area contributed by atoms with Crippen LogP contribution in [0, 0.1) is 0 Å². The van der Waals surface area contributed by atoms with E-state index in [2.05, 4.69) is 21.7 Å². The summed E-state index contributed by atoms with van der Waals surface area (Å²) in [5.74, 6) is 1.25. The number of hydrogen-bond donors (Lipinski definition) is 2. The number of ether oxygens (including phenoxy) is 2. The predicted molar refractivity (Wildman–Crippen MR) is 108 cm³/mol. The van der Waals surface area contributed by atoms with Crippen LogP contribution in [0.1, 0.15) is 48.2 Å². The lowest BCUT2D eigenvalue weighted by Gasteiger charge is -2.13. The smallest absolute Gasteiger partial charge is 0.270 e. The summed E-state index contributed by atoms with van der Waals surface area (Å²) in [5.41, 5.74) is 3.84. The third-order valence-corrected chi connectivity index (χ3v) is 5.05. The zero-order valence-corrected chi connectivity index (χ0v) is 15.9. The number of allylic oxidation sites excluding steroid dienone is 1. The molecule has 0 radical (unpaired) electrons. The summed E-state index contributed by atoms with van der Waals surface area (Å²) < 4.78 is 10.7. The highest BCUT2D eigenvalue weighted by atomic mass is 16.7. The molecule has 1 aromatic carbocycles. The minimum absolute atomic E-state index is 0.198. The number of nitrogens with zero attached hydrogens (tertiary/aromatic N) is 1. The first-order valence-corrected chi connectivity index (χ1v) is 9.82. The van der Waals surface area contributed by atoms with Gasteiger partial charge in [-0.05, 0) is 61.9 Å². The second-order valence-corrected chi connectivity index (χ2v) is 7.09. The van der Waals surface area contributed by atoms with Crippen molar-refractivity contribution in [3.63, 3.8) is 0 Å². The number of pyridine rings is 1. The molecule has 1 aliphatic carbocycles. The molecule has 2 heterocycles. The van der Waals surface area contributed by atoms with Gasteiger partial charge < -0.3 is 20.1 Å². The van der Waals surface area contributed by atoms with E-state index in [1.165, 1.54) is 25.7 Å². The van der Waals surface area contributed by atoms with Crippen molar-refractivity contribution in [3.05, 3.63) is 59.4 Å². The van der Waals surface area contributed by atoms with Gasteiger partial charge in [0.25, 0.3) is 5.91 Å². The standard InChI is InChI=1S/C22H25N3O3/c26-22(25-13-17-6-9-20-21(12-17)28-15-27-20)19-8-7-18(14-24-19)23-11-10-16-4-2-1-3-5-16/h4,6-9,12,14,23H,1-3,5,10-11,13,15H2,(H,25,26). The Morgan fingerprint density at radius 3 is 2.86 bits per heavy atom. The van der Waals surface area contributed by atoms with Crippen LogP contribution in [0.4, 0.5) is 5.69 Å². The lowest BCUT2D eigenvalue weighted by atomic mass is 9.97. The molecule has 1 aliphatic heterocycles. The quantitative estimate of drug-likeness (QED) is 0.710. The summed E-state index contributed by atoms with van der Waals surface area (Å²) in [6.07, 6.45) is 10.2. The van der Waals surface area contributed by atoms with Crippen LogP contribution >= 0.6 is 0 Å². The number of anilines is 1. The molecule has 0 saturated heterocycles. The molecular formula is C22H25N3O3. The van der Waals surface area contributed by atoms with E-state index in [9.17, 15) is 4.79 Å². The molecule has 146 valence electrons. The van der Waals surface area contributed by atoms with Gasteiger partial charge in [-0.1, -0.05) is 17.7 Å². The molecule has 2 aliphatic rings. The lowest BCUT2D eigenvalue weighted by Crippen LogP contribution is -2.23. The Morgan fingerprint density at radius 2 is 2.04 bits per heavy atom. The number of carbonyl (C=O) groups excluding carboxylic acids is 1. The predicted octanol–water partition coefficient (Wildman–Crippen LogP) is 4.04. The van der Waals surface area contributed by atoms with Gasteiger partial charge in [0, 0.05) is 13.1 Å². The van der Waals surface area contributed by atoms with Gasteiger partial charge in [-0.2, -0.15) is 0 Å². The van der Waals surface area contributed by atoms with Gasteiger partial charge in [0.1, 0.15) is 5.69 Å². The van der Waals surface area contributed by atoms with Crippen molar-refractivity contribution in [2.45, 2.75) is 38.6 Å². The Hall–Kier alpha value is -3.02. The van der Waals surface area contributed by atoms with E-state index < -0.39 is 0 Å². The fraction of sp³-hybridized carbons (Fsp3) is 0.364. The van der Waals surface area contributed by atoms with Crippen LogP contribution in [0.3, 0.4) is 0 Å². The summed E-state index contributed by atoms with van der Waals surface area (Å²) in [5, 5.41) is 6.27. The van der Waals surface area contributed by atoms with E-state index in [-0.39, 0.29) is 12.7 Å². The number of aromatic nitrogens is 1. The highest BCUT2D eigenvalue weighted by molar-refractivity contribution is 5.92. The summed E-state index contributed by atoms with van der Waals surface area (Å²) in [7, 11) is 0. The van der Waals surface area contributed by atoms with E-state index in [1.807, 2.05) is 24.3 Å². The third-order valence-electron chi connectivity index (χ3n) is 5.05. The molecule has 0 saturated carbocycles. The van der Waals surface area contributed by atoms with Crippen LogP contribution in [-0.2, 0) is 6.54 Å². The van der Waals surface area contributed by atoms with Gasteiger partial charge in [-0.3, -0.25) is 4.79 Å². The van der Waals surface area contributed by atoms with Gasteiger partial charge >= 0.3 is 0 Å². The molecule has 2 aromatic rings. The molecule has 0 unspecified atom stereocenters. The van der Waals surface area contributed by atoms with Gasteiger partial charge in [-0.25, -0.2) is 4.98 Å². The molecule has 1 aromatic heterocycles. The SMILES string of the molecule is O=C(NCc1ccc2c(c1)OCO2)c1ccc(NCCC2=CCCCC2)cn1. The second-order valence-electron chi connectivity index (χ2n) is 7.09. The number of benzene rings is 1. The van der Waals surface area contributed by atoms with Crippen molar-refractivity contribution >= 4 is 11.6 Å². The Morgan fingerprint density at radius 1 is 1.11 bits per heavy atom. The van der Waals surface area contributed by atoms with Crippen LogP contribution in [0.2, 0.25) is 0 Å². The average Bonchev–Trinajstić information content (AvgIpc) is 3.21. The van der Waals surface area contributed by atoms with Crippen LogP contribution in [-0.4, -0.2) is 24.2 Å². The molecule has 0 fully saturated rings. The number of amides is 1. The minimum atomic E-state index is -0.198. The largest absolute Gasteiger partial charge is 0.454 e. The Bertz CT molecular complexity index is 862. The van der Waals surface area contributed by atoms with Crippen molar-refractivity contribution in [2.24, 2.45) is 0 Å². The maximum absolute atomic E-state index is 12.3. The average molecular weight is 379 g/mol. The maximum Gasteiger partial charge on any atom is 0.270 e. The second kappa shape index (κ2) is 8.78. The normalized spacial score (nSPS) is 15.1. The van der Waals surface area contributed by atoms with E-state index in [0.29, 0.717) is 18.0 Å². The first-order chi connectivity index (χ1) is 13.8. The van der Waals surface area contributed by atoms with Crippen LogP contribution < -0.4 is 20.1 Å². The van der Waals surface area contributed by atoms with Crippen molar-refractivity contribution in [1.29, 1.82) is 0 Å². The molecular weight excluding hydrogens is 354 g/mol. The summed E-state index contributed by atoms with van der Waals surface area (Å²) in [6, 6.07) is 9.29. The molecule has 0 spiro atoms. The number of rotatable bonds is 7. The minimum Gasteiger partial charge on any atom is -0.454 e. The van der Waals surface area contributed by atoms with Crippen LogP contribution in [0.5, 0.6) is 11.5 Å². The van der Waals surface area contributed by atoms with Crippen molar-refractivity contribution in [1.82, 2.24) is 10.3 Å². The first-order valence-electron chi connectivity index (χ1n) is 9.82. The van der Waals surface area contributed by atoms with Crippen molar-refractivity contribution in [2.75, 3.05) is 18.7 Å². The zero-order valence-electron chi connectivity index (χ0n) is 15.9. The number of hydrogen-bond acceptors (Lipinski definition) is 5. The fourth-order valence-electron chi connectivity index (χ4n) is 3.46. The fourth-order valence-corrected chi connectivity index (χ4v) is 3.46. The highest BCUT2D eigenvalue weighted by Gasteiger charge is 2.14. The first kappa shape index (κ1) is 18.3. The number of fused-ring (bicyclic) bond motifs is 1.